The lowest BCUT2D eigenvalue weighted by atomic mass is 10.1. The van der Waals surface area contributed by atoms with Gasteiger partial charge in [-0.3, -0.25) is 0 Å². The highest BCUT2D eigenvalue weighted by atomic mass is 16.5. The van der Waals surface area contributed by atoms with Crippen molar-refractivity contribution in [3.05, 3.63) is 0 Å². The largest absolute Gasteiger partial charge is 0.462 e. The minimum atomic E-state index is -0.187. The van der Waals surface area contributed by atoms with E-state index in [-0.39, 0.29) is 12.5 Å². The Kier molecular flexibility index (Phi) is 9.10. The second-order valence-corrected chi connectivity index (χ2v) is 3.24. The molecule has 3 heteroatoms. The van der Waals surface area contributed by atoms with Crippen molar-refractivity contribution < 1.29 is 15.3 Å². The maximum Gasteiger partial charge on any atom is 0.361 e. The summed E-state index contributed by atoms with van der Waals surface area (Å²) >= 11 is 0. The van der Waals surface area contributed by atoms with Crippen LogP contribution in [0.1, 0.15) is 45.4 Å². The Morgan fingerprint density at radius 2 is 1.77 bits per heavy atom. The van der Waals surface area contributed by atoms with Crippen molar-refractivity contribution in [2.75, 3.05) is 13.2 Å². The van der Waals surface area contributed by atoms with Crippen LogP contribution in [-0.4, -0.2) is 19.1 Å². The van der Waals surface area contributed by atoms with Crippen LogP contribution < -0.4 is 5.73 Å². The van der Waals surface area contributed by atoms with E-state index in [1.165, 1.54) is 32.1 Å². The van der Waals surface area contributed by atoms with Gasteiger partial charge in [0.25, 0.3) is 0 Å². The Morgan fingerprint density at radius 1 is 1.15 bits per heavy atom. The van der Waals surface area contributed by atoms with Crippen LogP contribution in [0.5, 0.6) is 0 Å². The molecule has 0 amide bonds. The number of carbonyl (C=O) groups is 1. The van der Waals surface area contributed by atoms with Crippen molar-refractivity contribution in [3.8, 4) is 0 Å². The van der Waals surface area contributed by atoms with Gasteiger partial charge in [0.15, 0.2) is 6.54 Å². The third-order valence-corrected chi connectivity index (χ3v) is 1.97. The van der Waals surface area contributed by atoms with Crippen molar-refractivity contribution >= 4 is 5.97 Å². The van der Waals surface area contributed by atoms with E-state index in [0.717, 1.165) is 6.42 Å². The monoisotopic (exact) mass is 188 g/mol. The van der Waals surface area contributed by atoms with Crippen LogP contribution in [0, 0.1) is 0 Å². The van der Waals surface area contributed by atoms with Crippen LogP contribution >= 0.6 is 0 Å². The first-order chi connectivity index (χ1) is 6.31. The predicted octanol–water partition coefficient (Wildman–Crippen LogP) is 1.13. The lowest BCUT2D eigenvalue weighted by Gasteiger charge is -2.01. The zero-order chi connectivity index (χ0) is 9.94. The molecular weight excluding hydrogens is 166 g/mol. The van der Waals surface area contributed by atoms with Crippen LogP contribution in [0.15, 0.2) is 0 Å². The number of esters is 1. The molecule has 3 nitrogen and oxygen atoms in total. The molecule has 0 aliphatic heterocycles. The first-order valence-electron chi connectivity index (χ1n) is 5.26. The third-order valence-electron chi connectivity index (χ3n) is 1.97. The molecule has 0 spiro atoms. The van der Waals surface area contributed by atoms with Gasteiger partial charge in [-0.2, -0.15) is 0 Å². The molecule has 0 atom stereocenters. The van der Waals surface area contributed by atoms with E-state index in [9.17, 15) is 4.79 Å². The molecule has 0 saturated carbocycles. The molecule has 3 N–H and O–H groups in total. The number of hydrogen-bond donors (Lipinski definition) is 1. The quantitative estimate of drug-likeness (QED) is 0.458. The highest BCUT2D eigenvalue weighted by Crippen LogP contribution is 2.04. The minimum Gasteiger partial charge on any atom is -0.462 e. The molecular formula is C10H22NO2+. The SMILES string of the molecule is CCCCCCCCOC(=O)C[NH3+]. The summed E-state index contributed by atoms with van der Waals surface area (Å²) in [7, 11) is 0. The third kappa shape index (κ3) is 9.34. The molecule has 0 aromatic heterocycles. The average Bonchev–Trinajstić information content (AvgIpc) is 2.16. The lowest BCUT2D eigenvalue weighted by molar-refractivity contribution is -0.359. The van der Waals surface area contributed by atoms with E-state index in [1.54, 1.807) is 0 Å². The van der Waals surface area contributed by atoms with Gasteiger partial charge in [0, 0.05) is 0 Å². The van der Waals surface area contributed by atoms with Gasteiger partial charge in [0.05, 0.1) is 6.61 Å². The van der Waals surface area contributed by atoms with Gasteiger partial charge < -0.3 is 10.5 Å². The maximum absolute atomic E-state index is 10.7. The van der Waals surface area contributed by atoms with Gasteiger partial charge in [-0.15, -0.1) is 0 Å². The van der Waals surface area contributed by atoms with Gasteiger partial charge in [0.1, 0.15) is 0 Å². The fourth-order valence-corrected chi connectivity index (χ4v) is 1.14. The van der Waals surface area contributed by atoms with Crippen LogP contribution in [-0.2, 0) is 9.53 Å². The molecule has 0 unspecified atom stereocenters. The summed E-state index contributed by atoms with van der Waals surface area (Å²) in [5.74, 6) is -0.187. The van der Waals surface area contributed by atoms with E-state index in [1.807, 2.05) is 0 Å². The van der Waals surface area contributed by atoms with Crippen molar-refractivity contribution in [2.45, 2.75) is 45.4 Å². The van der Waals surface area contributed by atoms with E-state index >= 15 is 0 Å². The number of unbranched alkanes of at least 4 members (excludes halogenated alkanes) is 5. The highest BCUT2D eigenvalue weighted by Gasteiger charge is 1.99. The van der Waals surface area contributed by atoms with Crippen LogP contribution in [0.2, 0.25) is 0 Å². The number of carbonyl (C=O) groups excluding carboxylic acids is 1. The average molecular weight is 188 g/mol. The van der Waals surface area contributed by atoms with E-state index < -0.39 is 0 Å². The highest BCUT2D eigenvalue weighted by molar-refractivity contribution is 5.69. The fourth-order valence-electron chi connectivity index (χ4n) is 1.14. The molecule has 0 radical (unpaired) electrons. The van der Waals surface area contributed by atoms with Gasteiger partial charge in [-0.1, -0.05) is 39.0 Å². The number of hydrogen-bond acceptors (Lipinski definition) is 2. The summed E-state index contributed by atoms with van der Waals surface area (Å²) < 4.78 is 4.90. The van der Waals surface area contributed by atoms with Gasteiger partial charge in [-0.05, 0) is 6.42 Å². The summed E-state index contributed by atoms with van der Waals surface area (Å²) in [6.07, 6.45) is 7.32. The summed E-state index contributed by atoms with van der Waals surface area (Å²) in [6.45, 7) is 3.02. The molecule has 0 saturated heterocycles. The number of rotatable bonds is 8. The summed E-state index contributed by atoms with van der Waals surface area (Å²) in [4.78, 5) is 10.7. The van der Waals surface area contributed by atoms with Crippen LogP contribution in [0.25, 0.3) is 0 Å². The zero-order valence-electron chi connectivity index (χ0n) is 8.68. The first kappa shape index (κ1) is 12.4. The Balaban J connectivity index is 2.95. The first-order valence-corrected chi connectivity index (χ1v) is 5.26. The van der Waals surface area contributed by atoms with Gasteiger partial charge in [0.2, 0.25) is 0 Å². The molecule has 13 heavy (non-hydrogen) atoms. The van der Waals surface area contributed by atoms with Gasteiger partial charge >= 0.3 is 5.97 Å². The van der Waals surface area contributed by atoms with Gasteiger partial charge in [-0.25, -0.2) is 4.79 Å². The molecule has 0 aliphatic rings. The molecule has 78 valence electrons. The van der Waals surface area contributed by atoms with Crippen molar-refractivity contribution in [2.24, 2.45) is 0 Å². The molecule has 0 heterocycles. The Bertz CT molecular complexity index is 126. The standard InChI is InChI=1S/C10H21NO2/c1-2-3-4-5-6-7-8-13-10(12)9-11/h2-9,11H2,1H3/p+1. The summed E-state index contributed by atoms with van der Waals surface area (Å²) in [6, 6.07) is 0. The van der Waals surface area contributed by atoms with Crippen LogP contribution in [0.4, 0.5) is 0 Å². The summed E-state index contributed by atoms with van der Waals surface area (Å²) in [5, 5.41) is 0. The Hall–Kier alpha value is -0.570. The number of quaternary nitrogens is 1. The zero-order valence-corrected chi connectivity index (χ0v) is 8.68. The van der Waals surface area contributed by atoms with Crippen LogP contribution in [0.3, 0.4) is 0 Å². The van der Waals surface area contributed by atoms with Crippen molar-refractivity contribution in [3.63, 3.8) is 0 Å². The summed E-state index contributed by atoms with van der Waals surface area (Å²) in [5.41, 5.74) is 3.45. The second-order valence-electron chi connectivity index (χ2n) is 3.24. The fraction of sp³-hybridized carbons (Fsp3) is 0.900. The smallest absolute Gasteiger partial charge is 0.361 e. The van der Waals surface area contributed by atoms with Crippen molar-refractivity contribution in [1.29, 1.82) is 0 Å². The van der Waals surface area contributed by atoms with E-state index in [4.69, 9.17) is 4.74 Å². The van der Waals surface area contributed by atoms with E-state index in [0.29, 0.717) is 6.61 Å². The normalized spacial score (nSPS) is 10.0. The minimum absolute atomic E-state index is 0.187. The predicted molar refractivity (Wildman–Crippen MR) is 52.1 cm³/mol. The second kappa shape index (κ2) is 9.52. The molecule has 0 bridgehead atoms. The molecule has 0 aromatic rings. The molecule has 0 aliphatic carbocycles. The Morgan fingerprint density at radius 3 is 2.38 bits per heavy atom. The van der Waals surface area contributed by atoms with E-state index in [2.05, 4.69) is 12.7 Å². The lowest BCUT2D eigenvalue weighted by Crippen LogP contribution is -2.54. The molecule has 0 fully saturated rings. The van der Waals surface area contributed by atoms with Crippen molar-refractivity contribution in [1.82, 2.24) is 0 Å². The molecule has 0 aromatic carbocycles. The number of ether oxygens (including phenoxy) is 1. The Labute approximate surface area is 80.6 Å². The topological polar surface area (TPSA) is 53.9 Å². The maximum atomic E-state index is 10.7. The molecule has 0 rings (SSSR count).